The predicted octanol–water partition coefficient (Wildman–Crippen LogP) is -3.58. The van der Waals surface area contributed by atoms with Gasteiger partial charge in [0, 0.05) is 6.42 Å². The van der Waals surface area contributed by atoms with Gasteiger partial charge < -0.3 is 30.9 Å². The highest BCUT2D eigenvalue weighted by Gasteiger charge is 2.78. The monoisotopic (exact) mass is 205 g/mol. The van der Waals surface area contributed by atoms with Gasteiger partial charge in [0.15, 0.2) is 11.7 Å². The number of aliphatic hydroxyl groups is 4. The molecular weight excluding hydrogens is 194 g/mol. The van der Waals surface area contributed by atoms with Gasteiger partial charge in [-0.1, -0.05) is 0 Å². The lowest BCUT2D eigenvalue weighted by Gasteiger charge is -2.36. The Balaban J connectivity index is 2.26. The van der Waals surface area contributed by atoms with Gasteiger partial charge in [-0.15, -0.1) is 0 Å². The molecule has 1 saturated carbocycles. The Bertz CT molecular complexity index is 296. The molecular formula is C7H11NO6. The van der Waals surface area contributed by atoms with E-state index in [4.69, 9.17) is 10.5 Å². The number of ether oxygens (including phenoxy) is 1. The van der Waals surface area contributed by atoms with Crippen molar-refractivity contribution in [1.82, 2.24) is 0 Å². The van der Waals surface area contributed by atoms with Crippen molar-refractivity contribution in [3.8, 4) is 0 Å². The van der Waals surface area contributed by atoms with Crippen molar-refractivity contribution < 1.29 is 30.0 Å². The molecule has 2 aliphatic rings. The Morgan fingerprint density at radius 1 is 1.43 bits per heavy atom. The summed E-state index contributed by atoms with van der Waals surface area (Å²) >= 11 is 0. The summed E-state index contributed by atoms with van der Waals surface area (Å²) < 4.78 is 4.72. The second kappa shape index (κ2) is 2.44. The number of aliphatic hydroxyl groups excluding tert-OH is 2. The number of nitrogens with two attached hydrogens (primary N) is 1. The molecule has 5 unspecified atom stereocenters. The van der Waals surface area contributed by atoms with E-state index in [9.17, 15) is 25.2 Å². The molecule has 80 valence electrons. The fourth-order valence-electron chi connectivity index (χ4n) is 1.75. The van der Waals surface area contributed by atoms with Crippen molar-refractivity contribution in [1.29, 1.82) is 0 Å². The zero-order chi connectivity index (χ0) is 10.7. The molecule has 5 atom stereocenters. The lowest BCUT2D eigenvalue weighted by atomic mass is 9.97. The lowest BCUT2D eigenvalue weighted by Crippen LogP contribution is -2.60. The van der Waals surface area contributed by atoms with Crippen molar-refractivity contribution in [3.05, 3.63) is 0 Å². The van der Waals surface area contributed by atoms with Gasteiger partial charge in [0.1, 0.15) is 12.2 Å². The minimum Gasteiger partial charge on any atom is -0.387 e. The molecule has 0 bridgehead atoms. The molecule has 14 heavy (non-hydrogen) atoms. The molecule has 1 heterocycles. The van der Waals surface area contributed by atoms with Crippen LogP contribution in [0.3, 0.4) is 0 Å². The summed E-state index contributed by atoms with van der Waals surface area (Å²) in [4.78, 5) is 10.8. The largest absolute Gasteiger partial charge is 0.387 e. The number of primary amides is 1. The third kappa shape index (κ3) is 0.956. The van der Waals surface area contributed by atoms with Gasteiger partial charge in [-0.05, 0) is 0 Å². The highest BCUT2D eigenvalue weighted by Crippen LogP contribution is 2.55. The number of hydrogen-bond donors (Lipinski definition) is 5. The number of hydrogen-bond acceptors (Lipinski definition) is 6. The maximum absolute atomic E-state index is 10.8. The Morgan fingerprint density at radius 3 is 2.50 bits per heavy atom. The van der Waals surface area contributed by atoms with Crippen molar-refractivity contribution >= 4 is 5.91 Å². The van der Waals surface area contributed by atoms with Crippen LogP contribution in [0.5, 0.6) is 0 Å². The maximum Gasteiger partial charge on any atom is 0.249 e. The van der Waals surface area contributed by atoms with E-state index in [1.54, 1.807) is 0 Å². The average molecular weight is 205 g/mol. The molecule has 0 aromatic rings. The molecule has 1 saturated heterocycles. The topological polar surface area (TPSA) is 133 Å². The van der Waals surface area contributed by atoms with E-state index in [-0.39, 0.29) is 6.42 Å². The Labute approximate surface area is 78.7 Å². The first-order chi connectivity index (χ1) is 6.32. The maximum atomic E-state index is 10.8. The van der Waals surface area contributed by atoms with Crippen LogP contribution in [0.15, 0.2) is 0 Å². The summed E-state index contributed by atoms with van der Waals surface area (Å²) in [5, 5.41) is 37.7. The summed E-state index contributed by atoms with van der Waals surface area (Å²) in [6.45, 7) is 0. The molecule has 0 aromatic heterocycles. The first kappa shape index (κ1) is 9.81. The average Bonchev–Trinajstić information content (AvgIpc) is 2.64. The Kier molecular flexibility index (Phi) is 1.71. The van der Waals surface area contributed by atoms with Crippen LogP contribution in [0.2, 0.25) is 0 Å². The number of carbonyl (C=O) groups is 1. The molecule has 7 heteroatoms. The highest BCUT2D eigenvalue weighted by atomic mass is 16.7. The van der Waals surface area contributed by atoms with Crippen molar-refractivity contribution in [2.24, 2.45) is 5.73 Å². The van der Waals surface area contributed by atoms with Crippen LogP contribution in [-0.4, -0.2) is 56.0 Å². The van der Waals surface area contributed by atoms with E-state index in [0.29, 0.717) is 0 Å². The zero-order valence-corrected chi connectivity index (χ0v) is 7.12. The van der Waals surface area contributed by atoms with Gasteiger partial charge in [0.25, 0.3) is 0 Å². The fraction of sp³-hybridized carbons (Fsp3) is 0.857. The van der Waals surface area contributed by atoms with Crippen molar-refractivity contribution in [2.45, 2.75) is 36.1 Å². The number of carbonyl (C=O) groups excluding carboxylic acids is 1. The van der Waals surface area contributed by atoms with Crippen LogP contribution < -0.4 is 5.73 Å². The summed E-state index contributed by atoms with van der Waals surface area (Å²) in [5.74, 6) is -2.97. The van der Waals surface area contributed by atoms with Gasteiger partial charge in [-0.3, -0.25) is 4.79 Å². The van der Waals surface area contributed by atoms with Crippen LogP contribution in [-0.2, 0) is 9.53 Å². The van der Waals surface area contributed by atoms with Crippen LogP contribution in [0.4, 0.5) is 0 Å². The van der Waals surface area contributed by atoms with Gasteiger partial charge in [-0.2, -0.15) is 0 Å². The van der Waals surface area contributed by atoms with Crippen LogP contribution >= 0.6 is 0 Å². The molecule has 7 nitrogen and oxygen atoms in total. The third-order valence-corrected chi connectivity index (χ3v) is 2.79. The predicted molar refractivity (Wildman–Crippen MR) is 40.6 cm³/mol. The Morgan fingerprint density at radius 2 is 2.00 bits per heavy atom. The first-order valence-corrected chi connectivity index (χ1v) is 4.10. The van der Waals surface area contributed by atoms with Crippen molar-refractivity contribution in [2.75, 3.05) is 0 Å². The summed E-state index contributed by atoms with van der Waals surface area (Å²) in [6, 6.07) is 0. The lowest BCUT2D eigenvalue weighted by molar-refractivity contribution is -0.277. The second-order valence-electron chi connectivity index (χ2n) is 3.76. The number of amides is 1. The van der Waals surface area contributed by atoms with E-state index in [2.05, 4.69) is 0 Å². The van der Waals surface area contributed by atoms with Crippen LogP contribution in [0.25, 0.3) is 0 Å². The van der Waals surface area contributed by atoms with Crippen LogP contribution in [0.1, 0.15) is 6.42 Å². The quantitative estimate of drug-likeness (QED) is 0.300. The normalized spacial score (nSPS) is 56.4. The van der Waals surface area contributed by atoms with E-state index >= 15 is 0 Å². The second-order valence-corrected chi connectivity index (χ2v) is 3.76. The number of fused-ring (bicyclic) bond motifs is 1. The molecule has 2 rings (SSSR count). The van der Waals surface area contributed by atoms with Crippen molar-refractivity contribution in [3.63, 3.8) is 0 Å². The molecule has 1 amide bonds. The molecule has 0 spiro atoms. The molecule has 0 aromatic carbocycles. The molecule has 0 radical (unpaired) electrons. The summed E-state index contributed by atoms with van der Waals surface area (Å²) in [7, 11) is 0. The fourth-order valence-corrected chi connectivity index (χ4v) is 1.75. The Hall–Kier alpha value is -0.730. The molecule has 1 aliphatic carbocycles. The van der Waals surface area contributed by atoms with Gasteiger partial charge in [-0.25, -0.2) is 0 Å². The standard InChI is InChI=1S/C7H11NO6/c8-5(11)3-2(9)4(10)6(12)1-7(6,13)14-3/h2-4,9-10,12-13H,1H2,(H2,8,11). The van der Waals surface area contributed by atoms with Gasteiger partial charge >= 0.3 is 0 Å². The third-order valence-electron chi connectivity index (χ3n) is 2.79. The van der Waals surface area contributed by atoms with E-state index in [0.717, 1.165) is 0 Å². The number of rotatable bonds is 1. The smallest absolute Gasteiger partial charge is 0.249 e. The van der Waals surface area contributed by atoms with Crippen LogP contribution in [0, 0.1) is 0 Å². The van der Waals surface area contributed by atoms with E-state index in [1.165, 1.54) is 0 Å². The minimum atomic E-state index is -1.97. The molecule has 6 N–H and O–H groups in total. The summed E-state index contributed by atoms with van der Waals surface area (Å²) in [5.41, 5.74) is 2.98. The molecule has 1 aliphatic heterocycles. The SMILES string of the molecule is NC(=O)C1OC2(O)CC2(O)C(O)C1O. The van der Waals surface area contributed by atoms with Gasteiger partial charge in [0.2, 0.25) is 11.7 Å². The summed E-state index contributed by atoms with van der Waals surface area (Å²) in [6.07, 6.45) is -5.01. The van der Waals surface area contributed by atoms with Gasteiger partial charge in [0.05, 0.1) is 0 Å². The zero-order valence-electron chi connectivity index (χ0n) is 7.12. The minimum absolute atomic E-state index is 0.248. The molecule has 2 fully saturated rings. The first-order valence-electron chi connectivity index (χ1n) is 4.10. The highest BCUT2D eigenvalue weighted by molar-refractivity contribution is 5.80. The van der Waals surface area contributed by atoms with E-state index < -0.39 is 35.6 Å². The van der Waals surface area contributed by atoms with E-state index in [1.807, 2.05) is 0 Å².